The third-order valence-electron chi connectivity index (χ3n) is 3.40. The Bertz CT molecular complexity index is 577. The van der Waals surface area contributed by atoms with E-state index in [0.717, 1.165) is 0 Å². The number of esters is 3. The molecular formula is C14H18NO6+. The summed E-state index contributed by atoms with van der Waals surface area (Å²) in [5, 5.41) is 0. The van der Waals surface area contributed by atoms with E-state index in [1.165, 1.54) is 21.3 Å². The number of hydrogen-bond acceptors (Lipinski definition) is 6. The largest absolute Gasteiger partial charge is 0.465 e. The van der Waals surface area contributed by atoms with Crippen molar-refractivity contribution in [2.75, 3.05) is 21.3 Å². The van der Waals surface area contributed by atoms with Crippen molar-refractivity contribution in [2.24, 2.45) is 7.05 Å². The van der Waals surface area contributed by atoms with E-state index in [1.807, 2.05) is 0 Å². The van der Waals surface area contributed by atoms with Crippen LogP contribution in [0.15, 0.2) is 0 Å². The average Bonchev–Trinajstić information content (AvgIpc) is 2.49. The van der Waals surface area contributed by atoms with E-state index in [2.05, 4.69) is 0 Å². The van der Waals surface area contributed by atoms with Gasteiger partial charge in [0.05, 0.1) is 21.3 Å². The first-order chi connectivity index (χ1) is 9.81. The van der Waals surface area contributed by atoms with Crippen molar-refractivity contribution < 1.29 is 33.2 Å². The van der Waals surface area contributed by atoms with Gasteiger partial charge in [-0.2, -0.15) is 0 Å². The van der Waals surface area contributed by atoms with Gasteiger partial charge in [-0.05, 0) is 0 Å². The number of nitrogens with zero attached hydrogens (tertiary/aromatic N) is 1. The summed E-state index contributed by atoms with van der Waals surface area (Å²) in [6.07, 6.45) is 0. The van der Waals surface area contributed by atoms with Crippen LogP contribution in [0.3, 0.4) is 0 Å². The maximum atomic E-state index is 12.1. The first-order valence-electron chi connectivity index (χ1n) is 6.09. The lowest BCUT2D eigenvalue weighted by atomic mass is 9.97. The number of pyridine rings is 1. The van der Waals surface area contributed by atoms with Gasteiger partial charge in [0.2, 0.25) is 0 Å². The van der Waals surface area contributed by atoms with E-state index in [4.69, 9.17) is 14.2 Å². The van der Waals surface area contributed by atoms with E-state index in [9.17, 15) is 14.4 Å². The molecule has 0 atom stereocenters. The quantitative estimate of drug-likeness (QED) is 0.458. The highest BCUT2D eigenvalue weighted by Crippen LogP contribution is 2.22. The van der Waals surface area contributed by atoms with Crippen molar-refractivity contribution in [1.29, 1.82) is 0 Å². The highest BCUT2D eigenvalue weighted by molar-refractivity contribution is 6.10. The van der Waals surface area contributed by atoms with Crippen LogP contribution in [-0.4, -0.2) is 39.2 Å². The Morgan fingerprint density at radius 1 is 0.714 bits per heavy atom. The molecule has 0 spiro atoms. The zero-order valence-electron chi connectivity index (χ0n) is 12.9. The van der Waals surface area contributed by atoms with Crippen molar-refractivity contribution in [1.82, 2.24) is 0 Å². The summed E-state index contributed by atoms with van der Waals surface area (Å²) in [7, 11) is 5.23. The SMILES string of the molecule is COC(=O)c1c(C(=O)OC)c(C)[n+](C)c(C)c1C(=O)OC. The highest BCUT2D eigenvalue weighted by atomic mass is 16.5. The van der Waals surface area contributed by atoms with Gasteiger partial charge < -0.3 is 14.2 Å². The monoisotopic (exact) mass is 296 g/mol. The Hall–Kier alpha value is -2.44. The number of carbonyl (C=O) groups is 3. The lowest BCUT2D eigenvalue weighted by molar-refractivity contribution is -0.684. The Labute approximate surface area is 122 Å². The standard InChI is InChI=1S/C14H18NO6/c1-7-9(12(16)19-4)11(14(18)21-6)10(13(17)20-5)8(2)15(7)3/h1-6H3/q+1. The molecule has 1 rings (SSSR count). The summed E-state index contributed by atoms with van der Waals surface area (Å²) in [5.74, 6) is -2.26. The van der Waals surface area contributed by atoms with Crippen molar-refractivity contribution in [2.45, 2.75) is 13.8 Å². The molecule has 0 N–H and O–H groups in total. The third kappa shape index (κ3) is 2.72. The summed E-state index contributed by atoms with van der Waals surface area (Å²) in [4.78, 5) is 36.1. The Morgan fingerprint density at radius 2 is 1.00 bits per heavy atom. The second kappa shape index (κ2) is 6.34. The molecule has 0 aliphatic carbocycles. The Morgan fingerprint density at radius 3 is 1.29 bits per heavy atom. The molecule has 7 nitrogen and oxygen atoms in total. The molecule has 114 valence electrons. The smallest absolute Gasteiger partial charge is 0.345 e. The average molecular weight is 296 g/mol. The van der Waals surface area contributed by atoms with Gasteiger partial charge in [-0.1, -0.05) is 0 Å². The second-order valence-electron chi connectivity index (χ2n) is 4.33. The minimum atomic E-state index is -0.803. The van der Waals surface area contributed by atoms with E-state index >= 15 is 0 Å². The van der Waals surface area contributed by atoms with Crippen LogP contribution in [0.5, 0.6) is 0 Å². The van der Waals surface area contributed by atoms with Crippen LogP contribution in [0.2, 0.25) is 0 Å². The summed E-state index contributed by atoms with van der Waals surface area (Å²) in [6.45, 7) is 3.29. The fourth-order valence-corrected chi connectivity index (χ4v) is 2.08. The number of carbonyl (C=O) groups excluding carboxylic acids is 3. The molecule has 0 bridgehead atoms. The number of rotatable bonds is 3. The van der Waals surface area contributed by atoms with Gasteiger partial charge >= 0.3 is 17.9 Å². The minimum Gasteiger partial charge on any atom is -0.465 e. The Balaban J connectivity index is 3.94. The fraction of sp³-hybridized carbons (Fsp3) is 0.429. The van der Waals surface area contributed by atoms with Crippen LogP contribution in [0.1, 0.15) is 42.5 Å². The molecule has 0 aromatic carbocycles. The van der Waals surface area contributed by atoms with E-state index in [0.29, 0.717) is 11.4 Å². The maximum absolute atomic E-state index is 12.1. The summed E-state index contributed by atoms with van der Waals surface area (Å²) in [6, 6.07) is 0. The second-order valence-corrected chi connectivity index (χ2v) is 4.33. The van der Waals surface area contributed by atoms with E-state index < -0.39 is 17.9 Å². The number of ether oxygens (including phenoxy) is 3. The zero-order chi connectivity index (χ0) is 16.3. The molecule has 0 radical (unpaired) electrons. The van der Waals surface area contributed by atoms with Crippen molar-refractivity contribution in [3.05, 3.63) is 28.1 Å². The third-order valence-corrected chi connectivity index (χ3v) is 3.40. The van der Waals surface area contributed by atoms with Gasteiger partial charge in [0.25, 0.3) is 0 Å². The van der Waals surface area contributed by atoms with Crippen LogP contribution in [0.4, 0.5) is 0 Å². The predicted molar refractivity (Wildman–Crippen MR) is 71.1 cm³/mol. The molecule has 0 fully saturated rings. The minimum absolute atomic E-state index is 0.0159. The molecule has 0 saturated heterocycles. The van der Waals surface area contributed by atoms with Gasteiger partial charge in [-0.15, -0.1) is 0 Å². The first-order valence-corrected chi connectivity index (χ1v) is 6.09. The zero-order valence-corrected chi connectivity index (χ0v) is 12.9. The number of aromatic nitrogens is 1. The lowest BCUT2D eigenvalue weighted by Crippen LogP contribution is -2.41. The van der Waals surface area contributed by atoms with Crippen molar-refractivity contribution >= 4 is 17.9 Å². The Kier molecular flexibility index (Phi) is 5.02. The lowest BCUT2D eigenvalue weighted by Gasteiger charge is -2.13. The van der Waals surface area contributed by atoms with Crippen LogP contribution >= 0.6 is 0 Å². The van der Waals surface area contributed by atoms with Gasteiger partial charge in [0, 0.05) is 13.8 Å². The predicted octanol–water partition coefficient (Wildman–Crippen LogP) is 0.488. The van der Waals surface area contributed by atoms with Gasteiger partial charge in [0.1, 0.15) is 23.7 Å². The van der Waals surface area contributed by atoms with E-state index in [1.54, 1.807) is 25.5 Å². The van der Waals surface area contributed by atoms with Gasteiger partial charge in [-0.3, -0.25) is 0 Å². The van der Waals surface area contributed by atoms with Crippen molar-refractivity contribution in [3.8, 4) is 0 Å². The van der Waals surface area contributed by atoms with Crippen LogP contribution in [0.25, 0.3) is 0 Å². The van der Waals surface area contributed by atoms with Gasteiger partial charge in [-0.25, -0.2) is 19.0 Å². The van der Waals surface area contributed by atoms with E-state index in [-0.39, 0.29) is 16.7 Å². The van der Waals surface area contributed by atoms with Crippen molar-refractivity contribution in [3.63, 3.8) is 0 Å². The van der Waals surface area contributed by atoms with Gasteiger partial charge in [0.15, 0.2) is 11.4 Å². The van der Waals surface area contributed by atoms with Crippen LogP contribution in [-0.2, 0) is 21.3 Å². The summed E-state index contributed by atoms with van der Waals surface area (Å²) >= 11 is 0. The molecule has 0 aliphatic rings. The molecule has 1 aromatic heterocycles. The highest BCUT2D eigenvalue weighted by Gasteiger charge is 2.36. The molecule has 1 heterocycles. The number of hydrogen-bond donors (Lipinski definition) is 0. The normalized spacial score (nSPS) is 10.0. The molecule has 0 unspecified atom stereocenters. The molecule has 0 amide bonds. The van der Waals surface area contributed by atoms with Crippen LogP contribution < -0.4 is 4.57 Å². The summed E-state index contributed by atoms with van der Waals surface area (Å²) in [5.41, 5.74) is 0.778. The van der Waals surface area contributed by atoms with Crippen LogP contribution in [0, 0.1) is 13.8 Å². The number of methoxy groups -OCH3 is 3. The first kappa shape index (κ1) is 16.6. The molecule has 0 saturated carbocycles. The summed E-state index contributed by atoms with van der Waals surface area (Å²) < 4.78 is 15.7. The topological polar surface area (TPSA) is 82.8 Å². The molecule has 21 heavy (non-hydrogen) atoms. The fourth-order valence-electron chi connectivity index (χ4n) is 2.08. The maximum Gasteiger partial charge on any atom is 0.345 e. The molecule has 0 aliphatic heterocycles. The molecular weight excluding hydrogens is 278 g/mol. The molecule has 7 heteroatoms. The molecule has 1 aromatic rings.